The van der Waals surface area contributed by atoms with Crippen LogP contribution in [0.2, 0.25) is 0 Å². The van der Waals surface area contributed by atoms with Crippen LogP contribution < -0.4 is 0 Å². The first-order chi connectivity index (χ1) is 5.12. The van der Waals surface area contributed by atoms with Crippen LogP contribution in [0.3, 0.4) is 0 Å². The van der Waals surface area contributed by atoms with Crippen LogP contribution in [0.1, 0.15) is 0 Å². The molecule has 0 aromatic heterocycles. The van der Waals surface area contributed by atoms with Gasteiger partial charge in [0.1, 0.15) is 0 Å². The Morgan fingerprint density at radius 1 is 0.562 bits per heavy atom. The van der Waals surface area contributed by atoms with E-state index >= 15 is 0 Å². The van der Waals surface area contributed by atoms with E-state index in [0.717, 1.165) is 0 Å². The molecule has 16 heavy (non-hydrogen) atoms. The molecule has 0 aliphatic rings. The molecule has 0 aromatic rings. The summed E-state index contributed by atoms with van der Waals surface area (Å²) in [5.74, 6) is 0. The van der Waals surface area contributed by atoms with Crippen molar-refractivity contribution in [2.24, 2.45) is 0 Å². The van der Waals surface area contributed by atoms with Crippen LogP contribution in [0.4, 0.5) is 25.9 Å². The van der Waals surface area contributed by atoms with E-state index in [4.69, 9.17) is 0 Å². The molecule has 0 fully saturated rings. The van der Waals surface area contributed by atoms with Gasteiger partial charge in [-0.3, -0.25) is 0 Å². The minimum absolute atomic E-state index is 0. The Labute approximate surface area is 262 Å². The molecule has 0 saturated heterocycles. The van der Waals surface area contributed by atoms with E-state index in [1.54, 1.807) is 0 Å². The van der Waals surface area contributed by atoms with Crippen molar-refractivity contribution in [2.75, 3.05) is 0 Å². The predicted octanol–water partition coefficient (Wildman–Crippen LogP) is 0.524. The van der Waals surface area contributed by atoms with Gasteiger partial charge < -0.3 is 25.9 Å². The molecule has 0 saturated carbocycles. The van der Waals surface area contributed by atoms with Crippen LogP contribution in [0, 0.1) is 0 Å². The van der Waals surface area contributed by atoms with Crippen molar-refractivity contribution in [2.45, 2.75) is 0 Å². The normalized spacial score (nSPS) is 8.38. The molecule has 0 heterocycles. The van der Waals surface area contributed by atoms with E-state index < -0.39 is 14.0 Å². The molecule has 0 N–H and O–H groups in total. The SMILES string of the molecule is C=C[B-](F)(F)F.C=C[B-](F)(F)F.[KH].[KH].[KH].[KH]. The van der Waals surface area contributed by atoms with Gasteiger partial charge in [0.2, 0.25) is 0 Å². The van der Waals surface area contributed by atoms with E-state index in [9.17, 15) is 25.9 Å². The van der Waals surface area contributed by atoms with Crippen LogP contribution in [0.15, 0.2) is 25.1 Å². The van der Waals surface area contributed by atoms with Gasteiger partial charge in [-0.15, -0.1) is 13.2 Å². The predicted molar refractivity (Wildman–Crippen MR) is 67.1 cm³/mol. The fourth-order valence-corrected chi connectivity index (χ4v) is 0. The number of hydrogen-bond donors (Lipinski definition) is 0. The molecule has 0 bridgehead atoms. The summed E-state index contributed by atoms with van der Waals surface area (Å²) in [4.78, 5) is 0. The number of halogens is 6. The van der Waals surface area contributed by atoms with Gasteiger partial charge in [-0.2, -0.15) is 12.0 Å². The molecule has 0 spiro atoms. The van der Waals surface area contributed by atoms with Crippen LogP contribution in [-0.2, 0) is 0 Å². The molecule has 0 nitrogen and oxygen atoms in total. The van der Waals surface area contributed by atoms with Gasteiger partial charge >= 0.3 is 219 Å². The van der Waals surface area contributed by atoms with Crippen molar-refractivity contribution in [1.82, 2.24) is 0 Å². The van der Waals surface area contributed by atoms with E-state index in [-0.39, 0.29) is 217 Å². The summed E-state index contributed by atoms with van der Waals surface area (Å²) in [5, 5.41) is 0. The third kappa shape index (κ3) is 50.3. The Balaban J connectivity index is -0.0000000250. The van der Waals surface area contributed by atoms with Crippen LogP contribution in [0.25, 0.3) is 0 Å². The van der Waals surface area contributed by atoms with Crippen molar-refractivity contribution >= 4 is 219 Å². The van der Waals surface area contributed by atoms with Crippen molar-refractivity contribution in [3.63, 3.8) is 0 Å². The topological polar surface area (TPSA) is 0 Å². The zero-order chi connectivity index (χ0) is 10.4. The van der Waals surface area contributed by atoms with E-state index in [2.05, 4.69) is 13.2 Å². The second kappa shape index (κ2) is 20.7. The third-order valence-electron chi connectivity index (χ3n) is 0.535. The summed E-state index contributed by atoms with van der Waals surface area (Å²) in [6, 6.07) is 0. The van der Waals surface area contributed by atoms with Gasteiger partial charge in [0.05, 0.1) is 0 Å². The Kier molecular flexibility index (Phi) is 48.9. The van der Waals surface area contributed by atoms with E-state index in [0.29, 0.717) is 0 Å². The molecule has 0 rings (SSSR count). The standard InChI is InChI=1S/2C2H3BF3.4K.4H/c2*1-2-3(4,5)6;;;;;;;;/h2*2H,1H2;;;;;;;;/q2*-1;;;;;;;;. The molecule has 12 heteroatoms. The average Bonchev–Trinajstić information content (AvgIpc) is 1.86. The van der Waals surface area contributed by atoms with Crippen LogP contribution in [0.5, 0.6) is 0 Å². The van der Waals surface area contributed by atoms with Crippen LogP contribution >= 0.6 is 0 Å². The third-order valence-corrected chi connectivity index (χ3v) is 0.535. The zero-order valence-electron chi connectivity index (χ0n) is 5.99. The average molecular weight is 350 g/mol. The molecule has 80 valence electrons. The van der Waals surface area contributed by atoms with Crippen LogP contribution in [-0.4, -0.2) is 219 Å². The Morgan fingerprint density at radius 3 is 0.625 bits per heavy atom. The maximum absolute atomic E-state index is 10.7. The Hall–Kier alpha value is 5.74. The minimum atomic E-state index is -4.72. The first-order valence-corrected chi connectivity index (χ1v) is 2.79. The summed E-state index contributed by atoms with van der Waals surface area (Å²) in [7, 11) is 0. The van der Waals surface area contributed by atoms with Crippen molar-refractivity contribution < 1.29 is 25.9 Å². The van der Waals surface area contributed by atoms with Gasteiger partial charge in [0, 0.05) is 0 Å². The zero-order valence-corrected chi connectivity index (χ0v) is 5.99. The molecule has 0 atom stereocenters. The second-order valence-corrected chi connectivity index (χ2v) is 1.72. The fourth-order valence-electron chi connectivity index (χ4n) is 0. The Morgan fingerprint density at radius 2 is 0.625 bits per heavy atom. The fraction of sp³-hybridized carbons (Fsp3) is 0. The van der Waals surface area contributed by atoms with Gasteiger partial charge in [-0.05, 0) is 0 Å². The van der Waals surface area contributed by atoms with E-state index in [1.165, 1.54) is 0 Å². The van der Waals surface area contributed by atoms with E-state index in [1.807, 2.05) is 0 Å². The summed E-state index contributed by atoms with van der Waals surface area (Å²) in [5.41, 5.74) is 0. The molecule has 0 amide bonds. The molecular formula is C4H10B2F6K4-2. The quantitative estimate of drug-likeness (QED) is 0.504. The molecule has 0 radical (unpaired) electrons. The van der Waals surface area contributed by atoms with Crippen molar-refractivity contribution in [3.05, 3.63) is 25.1 Å². The second-order valence-electron chi connectivity index (χ2n) is 1.72. The maximum atomic E-state index is 10.7. The molecule has 0 aliphatic heterocycles. The summed E-state index contributed by atoms with van der Waals surface area (Å²) in [6.07, 6.45) is 0. The molecular weight excluding hydrogens is 340 g/mol. The van der Waals surface area contributed by atoms with Gasteiger partial charge in [-0.25, -0.2) is 0 Å². The van der Waals surface area contributed by atoms with Gasteiger partial charge in [0.15, 0.2) is 0 Å². The monoisotopic (exact) mass is 350 g/mol. The number of rotatable bonds is 2. The summed E-state index contributed by atoms with van der Waals surface area (Å²) in [6.45, 7) is -4.38. The molecule has 0 aliphatic carbocycles. The van der Waals surface area contributed by atoms with Crippen molar-refractivity contribution in [1.29, 1.82) is 0 Å². The van der Waals surface area contributed by atoms with Gasteiger partial charge in [0.25, 0.3) is 0 Å². The Bertz CT molecular complexity index is 140. The summed E-state index contributed by atoms with van der Waals surface area (Å²) < 4.78 is 64.4. The number of hydrogen-bond acceptors (Lipinski definition) is 0. The molecule has 0 unspecified atom stereocenters. The summed E-state index contributed by atoms with van der Waals surface area (Å²) >= 11 is 0. The molecule has 0 aromatic carbocycles. The first-order valence-electron chi connectivity index (χ1n) is 2.79. The van der Waals surface area contributed by atoms with Crippen molar-refractivity contribution in [3.8, 4) is 0 Å². The first kappa shape index (κ1) is 37.7. The van der Waals surface area contributed by atoms with Gasteiger partial charge in [-0.1, -0.05) is 0 Å².